The Bertz CT molecular complexity index is 971. The average molecular weight is 471 g/mol. The first-order chi connectivity index (χ1) is 14.6. The van der Waals surface area contributed by atoms with Crippen molar-refractivity contribution in [2.24, 2.45) is 5.73 Å². The smallest absolute Gasteiger partial charge is 0.268 e. The Morgan fingerprint density at radius 1 is 1.39 bits per heavy atom. The Labute approximate surface area is 187 Å². The summed E-state index contributed by atoms with van der Waals surface area (Å²) in [5.74, 6) is -2.23. The third kappa shape index (κ3) is 5.10. The van der Waals surface area contributed by atoms with Crippen molar-refractivity contribution in [1.29, 1.82) is 0 Å². The normalized spacial score (nSPS) is 16.7. The Kier molecular flexibility index (Phi) is 7.07. The molecule has 1 amide bonds. The van der Waals surface area contributed by atoms with E-state index in [0.717, 1.165) is 23.3 Å². The van der Waals surface area contributed by atoms with Crippen LogP contribution < -0.4 is 20.7 Å². The zero-order chi connectivity index (χ0) is 22.8. The Hall–Kier alpha value is -2.37. The van der Waals surface area contributed by atoms with Crippen molar-refractivity contribution in [3.05, 3.63) is 52.3 Å². The van der Waals surface area contributed by atoms with Gasteiger partial charge in [0.1, 0.15) is 33.4 Å². The fourth-order valence-corrected chi connectivity index (χ4v) is 5.14. The van der Waals surface area contributed by atoms with Crippen LogP contribution in [-0.2, 0) is 4.79 Å². The van der Waals surface area contributed by atoms with Gasteiger partial charge in [0.15, 0.2) is 0 Å². The molecule has 1 aliphatic heterocycles. The molecular weight excluding hydrogens is 446 g/mol. The molecule has 1 unspecified atom stereocenters. The molecule has 0 spiro atoms. The Morgan fingerprint density at radius 3 is 2.65 bits per heavy atom. The van der Waals surface area contributed by atoms with Crippen LogP contribution in [0.25, 0.3) is 0 Å². The van der Waals surface area contributed by atoms with E-state index in [4.69, 9.17) is 10.5 Å². The molecule has 1 aromatic heterocycles. The number of hydrogen-bond acceptors (Lipinski definition) is 8. The fourth-order valence-electron chi connectivity index (χ4n) is 3.19. The zero-order valence-electron chi connectivity index (χ0n) is 17.3. The summed E-state index contributed by atoms with van der Waals surface area (Å²) in [5.41, 5.74) is 5.07. The number of carbonyl (C=O) groups excluding carboxylic acids is 1. The molecule has 0 bridgehead atoms. The predicted molar refractivity (Wildman–Crippen MR) is 118 cm³/mol. The molecule has 11 heteroatoms. The number of aromatic nitrogens is 1. The topological polar surface area (TPSA) is 101 Å². The highest BCUT2D eigenvalue weighted by molar-refractivity contribution is 8.03. The summed E-state index contributed by atoms with van der Waals surface area (Å²) in [6, 6.07) is 3.61. The molecule has 0 saturated carbocycles. The summed E-state index contributed by atoms with van der Waals surface area (Å²) in [4.78, 5) is 13.8. The standard InChI is InChI=1S/C20H24F2N4O3S2/c1-20(2,28)8-5-9-29-19-13(10-25-31-19)26-15(16(23)27)17(24-3)30-18(26)14-11(21)6-4-7-12(14)22/h4,6-7,10,18,24,28H,5,8-9H2,1-3H3,(H2,23,27). The number of halogens is 2. The molecule has 1 atom stereocenters. The van der Waals surface area contributed by atoms with Gasteiger partial charge in [-0.05, 0) is 38.8 Å². The van der Waals surface area contributed by atoms with Gasteiger partial charge in [0.25, 0.3) is 5.91 Å². The van der Waals surface area contributed by atoms with E-state index >= 15 is 0 Å². The largest absolute Gasteiger partial charge is 0.481 e. The van der Waals surface area contributed by atoms with Crippen LogP contribution in [0.5, 0.6) is 5.06 Å². The van der Waals surface area contributed by atoms with Crippen LogP contribution in [0, 0.1) is 11.6 Å². The van der Waals surface area contributed by atoms with Crippen LogP contribution in [0.4, 0.5) is 14.5 Å². The molecule has 168 valence electrons. The molecule has 1 aromatic carbocycles. The van der Waals surface area contributed by atoms with Crippen molar-refractivity contribution in [2.75, 3.05) is 18.6 Å². The summed E-state index contributed by atoms with van der Waals surface area (Å²) in [6.45, 7) is 3.72. The molecule has 7 nitrogen and oxygen atoms in total. The minimum absolute atomic E-state index is 0.0710. The summed E-state index contributed by atoms with van der Waals surface area (Å²) < 4.78 is 39.3. The maximum atomic E-state index is 14.6. The lowest BCUT2D eigenvalue weighted by Gasteiger charge is -2.27. The van der Waals surface area contributed by atoms with Crippen molar-refractivity contribution >= 4 is 34.9 Å². The van der Waals surface area contributed by atoms with Crippen LogP contribution in [0.15, 0.2) is 35.1 Å². The van der Waals surface area contributed by atoms with Gasteiger partial charge >= 0.3 is 0 Å². The van der Waals surface area contributed by atoms with E-state index in [9.17, 15) is 18.7 Å². The predicted octanol–water partition coefficient (Wildman–Crippen LogP) is 3.48. The van der Waals surface area contributed by atoms with Crippen LogP contribution in [0.3, 0.4) is 0 Å². The molecule has 0 radical (unpaired) electrons. The lowest BCUT2D eigenvalue weighted by molar-refractivity contribution is -0.114. The molecular formula is C20H24F2N4O3S2. The fraction of sp³-hybridized carbons (Fsp3) is 0.400. The van der Waals surface area contributed by atoms with E-state index in [-0.39, 0.29) is 11.3 Å². The number of nitrogens with two attached hydrogens (primary N) is 1. The number of rotatable bonds is 9. The second-order valence-electron chi connectivity index (χ2n) is 7.53. The number of carbonyl (C=O) groups is 1. The molecule has 0 saturated heterocycles. The molecule has 4 N–H and O–H groups in total. The summed E-state index contributed by atoms with van der Waals surface area (Å²) >= 11 is 2.13. The van der Waals surface area contributed by atoms with Crippen LogP contribution in [0.1, 0.15) is 37.6 Å². The third-order valence-electron chi connectivity index (χ3n) is 4.57. The van der Waals surface area contributed by atoms with Gasteiger partial charge in [0.2, 0.25) is 5.06 Å². The van der Waals surface area contributed by atoms with Crippen LogP contribution >= 0.6 is 23.3 Å². The first kappa shape index (κ1) is 23.3. The number of hydrogen-bond donors (Lipinski definition) is 3. The summed E-state index contributed by atoms with van der Waals surface area (Å²) in [5, 5.41) is 12.6. The van der Waals surface area contributed by atoms with Gasteiger partial charge in [0, 0.05) is 18.6 Å². The molecule has 31 heavy (non-hydrogen) atoms. The van der Waals surface area contributed by atoms with E-state index in [2.05, 4.69) is 9.69 Å². The van der Waals surface area contributed by atoms with Gasteiger partial charge in [-0.2, -0.15) is 4.37 Å². The minimum atomic E-state index is -0.929. The van der Waals surface area contributed by atoms with Crippen molar-refractivity contribution in [3.63, 3.8) is 0 Å². The van der Waals surface area contributed by atoms with Crippen molar-refractivity contribution in [2.45, 2.75) is 37.7 Å². The van der Waals surface area contributed by atoms with Gasteiger partial charge in [-0.15, -0.1) is 0 Å². The van der Waals surface area contributed by atoms with Gasteiger partial charge in [-0.1, -0.05) is 17.8 Å². The summed E-state index contributed by atoms with van der Waals surface area (Å²) in [7, 11) is 1.60. The number of nitrogens with one attached hydrogen (secondary N) is 1. The second-order valence-corrected chi connectivity index (χ2v) is 9.39. The van der Waals surface area contributed by atoms with Crippen LogP contribution in [-0.4, -0.2) is 34.6 Å². The molecule has 0 fully saturated rings. The molecule has 3 rings (SSSR count). The van der Waals surface area contributed by atoms with Crippen LogP contribution in [0.2, 0.25) is 0 Å². The highest BCUT2D eigenvalue weighted by atomic mass is 32.2. The lowest BCUT2D eigenvalue weighted by Crippen LogP contribution is -2.32. The maximum absolute atomic E-state index is 14.6. The Morgan fingerprint density at radius 2 is 2.06 bits per heavy atom. The SMILES string of the molecule is CNC1=C(C(N)=O)N(c2cnsc2OCCCC(C)(C)O)C(c2c(F)cccc2F)S1. The number of aliphatic hydroxyl groups is 1. The number of thioether (sulfide) groups is 1. The zero-order valence-corrected chi connectivity index (χ0v) is 18.9. The number of ether oxygens (including phenoxy) is 1. The van der Waals surface area contributed by atoms with E-state index in [1.165, 1.54) is 29.3 Å². The minimum Gasteiger partial charge on any atom is -0.481 e. The van der Waals surface area contributed by atoms with Gasteiger partial charge in [-0.25, -0.2) is 8.78 Å². The van der Waals surface area contributed by atoms with E-state index in [1.807, 2.05) is 0 Å². The van der Waals surface area contributed by atoms with Gasteiger partial charge < -0.3 is 25.8 Å². The number of amides is 1. The molecule has 0 aliphatic carbocycles. The van der Waals surface area contributed by atoms with Crippen molar-refractivity contribution in [1.82, 2.24) is 9.69 Å². The number of primary amides is 1. The first-order valence-electron chi connectivity index (χ1n) is 9.55. The maximum Gasteiger partial charge on any atom is 0.268 e. The van der Waals surface area contributed by atoms with Crippen molar-refractivity contribution in [3.8, 4) is 5.06 Å². The van der Waals surface area contributed by atoms with Crippen molar-refractivity contribution < 1.29 is 23.4 Å². The Balaban J connectivity index is 1.98. The average Bonchev–Trinajstić information content (AvgIpc) is 3.28. The van der Waals surface area contributed by atoms with E-state index < -0.39 is 28.5 Å². The lowest BCUT2D eigenvalue weighted by atomic mass is 10.0. The summed E-state index contributed by atoms with van der Waals surface area (Å²) in [6.07, 6.45) is 2.59. The molecule has 2 heterocycles. The highest BCUT2D eigenvalue weighted by Crippen LogP contribution is 2.52. The van der Waals surface area contributed by atoms with E-state index in [0.29, 0.717) is 35.2 Å². The number of anilines is 1. The quantitative estimate of drug-likeness (QED) is 0.483. The highest BCUT2D eigenvalue weighted by Gasteiger charge is 2.41. The third-order valence-corrected chi connectivity index (χ3v) is 6.58. The number of nitrogens with zero attached hydrogens (tertiary/aromatic N) is 2. The second kappa shape index (κ2) is 9.41. The monoisotopic (exact) mass is 470 g/mol. The first-order valence-corrected chi connectivity index (χ1v) is 11.2. The van der Waals surface area contributed by atoms with Gasteiger partial charge in [0.05, 0.1) is 24.0 Å². The number of benzene rings is 1. The molecule has 2 aromatic rings. The molecule has 1 aliphatic rings. The van der Waals surface area contributed by atoms with Gasteiger partial charge in [-0.3, -0.25) is 4.79 Å². The van der Waals surface area contributed by atoms with E-state index in [1.54, 1.807) is 20.9 Å².